The van der Waals surface area contributed by atoms with Gasteiger partial charge in [0.05, 0.1) is 22.3 Å². The summed E-state index contributed by atoms with van der Waals surface area (Å²) in [5.74, 6) is -0.631. The van der Waals surface area contributed by atoms with E-state index in [-0.39, 0.29) is 22.8 Å². The number of amides is 1. The highest BCUT2D eigenvalue weighted by Gasteiger charge is 2.30. The smallest absolute Gasteiger partial charge is 0.377 e. The van der Waals surface area contributed by atoms with E-state index in [1.807, 2.05) is 0 Å². The molecular formula is C21H15F3N4O3. The third-order valence-electron chi connectivity index (χ3n) is 4.56. The molecule has 0 aliphatic carbocycles. The number of halogens is 3. The third kappa shape index (κ3) is 4.19. The average Bonchev–Trinajstić information content (AvgIpc) is 3.13. The van der Waals surface area contributed by atoms with Crippen LogP contribution in [0.3, 0.4) is 0 Å². The molecule has 0 aliphatic heterocycles. The van der Waals surface area contributed by atoms with E-state index in [1.165, 1.54) is 36.4 Å². The first kappa shape index (κ1) is 20.4. The normalized spacial score (nSPS) is 12.6. The van der Waals surface area contributed by atoms with Crippen molar-refractivity contribution in [3.05, 3.63) is 71.9 Å². The van der Waals surface area contributed by atoms with Crippen molar-refractivity contribution < 1.29 is 27.6 Å². The Labute approximate surface area is 173 Å². The third-order valence-corrected chi connectivity index (χ3v) is 4.56. The van der Waals surface area contributed by atoms with Gasteiger partial charge in [0, 0.05) is 11.3 Å². The number of rotatable bonds is 4. The van der Waals surface area contributed by atoms with Gasteiger partial charge in [0.1, 0.15) is 5.52 Å². The Kier molecular flexibility index (Phi) is 5.07. The number of pyridine rings is 1. The minimum atomic E-state index is -4.50. The summed E-state index contributed by atoms with van der Waals surface area (Å²) in [6, 6.07) is 13.7. The Bertz CT molecular complexity index is 1270. The van der Waals surface area contributed by atoms with Crippen molar-refractivity contribution in [2.75, 3.05) is 11.1 Å². The lowest BCUT2D eigenvalue weighted by atomic mass is 10.1. The summed E-state index contributed by atoms with van der Waals surface area (Å²) in [7, 11) is 0. The van der Waals surface area contributed by atoms with Crippen LogP contribution in [0, 0.1) is 0 Å². The van der Waals surface area contributed by atoms with Crippen molar-refractivity contribution in [3.8, 4) is 11.3 Å². The van der Waals surface area contributed by atoms with Gasteiger partial charge in [-0.1, -0.05) is 23.4 Å². The number of fused-ring (bicyclic) bond motifs is 1. The first-order chi connectivity index (χ1) is 14.7. The minimum absolute atomic E-state index is 0.0147. The molecule has 0 bridgehead atoms. The number of aromatic nitrogens is 2. The summed E-state index contributed by atoms with van der Waals surface area (Å²) in [6.07, 6.45) is -6.15. The van der Waals surface area contributed by atoms with Gasteiger partial charge in [-0.05, 0) is 42.5 Å². The number of anilines is 2. The molecule has 0 saturated heterocycles. The monoisotopic (exact) mass is 428 g/mol. The number of nitrogens with two attached hydrogens (primary N) is 1. The maximum atomic E-state index is 13.0. The molecule has 4 N–H and O–H groups in total. The molecule has 2 aromatic carbocycles. The molecule has 2 heterocycles. The lowest BCUT2D eigenvalue weighted by Crippen LogP contribution is -2.21. The summed E-state index contributed by atoms with van der Waals surface area (Å²) in [5, 5.41) is 17.3. The molecule has 31 heavy (non-hydrogen) atoms. The van der Waals surface area contributed by atoms with Crippen molar-refractivity contribution >= 4 is 28.4 Å². The number of alkyl halides is 3. The number of carbonyl (C=O) groups is 1. The van der Waals surface area contributed by atoms with Gasteiger partial charge in [-0.25, -0.2) is 4.98 Å². The summed E-state index contributed by atoms with van der Waals surface area (Å²) in [5.41, 5.74) is 5.95. The first-order valence-electron chi connectivity index (χ1n) is 9.01. The van der Waals surface area contributed by atoms with Crippen LogP contribution in [0.5, 0.6) is 0 Å². The highest BCUT2D eigenvalue weighted by Crippen LogP contribution is 2.32. The van der Waals surface area contributed by atoms with Crippen LogP contribution in [0.4, 0.5) is 24.7 Å². The van der Waals surface area contributed by atoms with Gasteiger partial charge in [-0.2, -0.15) is 13.2 Å². The number of benzene rings is 2. The van der Waals surface area contributed by atoms with Gasteiger partial charge in [0.15, 0.2) is 6.10 Å². The van der Waals surface area contributed by atoms with Gasteiger partial charge < -0.3 is 20.7 Å². The van der Waals surface area contributed by atoms with Crippen LogP contribution < -0.4 is 11.1 Å². The summed E-state index contributed by atoms with van der Waals surface area (Å²) < 4.78 is 43.8. The summed E-state index contributed by atoms with van der Waals surface area (Å²) in [4.78, 5) is 16.6. The fourth-order valence-corrected chi connectivity index (χ4v) is 3.01. The van der Waals surface area contributed by atoms with Crippen LogP contribution >= 0.6 is 0 Å². The first-order valence-corrected chi connectivity index (χ1v) is 9.01. The molecule has 158 valence electrons. The molecule has 0 aliphatic rings. The number of aliphatic hydroxyl groups is 1. The zero-order valence-corrected chi connectivity index (χ0v) is 15.7. The van der Waals surface area contributed by atoms with Crippen LogP contribution in [0.25, 0.3) is 22.2 Å². The summed E-state index contributed by atoms with van der Waals surface area (Å²) in [6.45, 7) is 0. The van der Waals surface area contributed by atoms with E-state index in [1.54, 1.807) is 12.1 Å². The van der Waals surface area contributed by atoms with Gasteiger partial charge in [0.2, 0.25) is 5.88 Å². The van der Waals surface area contributed by atoms with Gasteiger partial charge in [-0.3, -0.25) is 4.79 Å². The maximum Gasteiger partial charge on any atom is 0.416 e. The number of hydrogen-bond acceptors (Lipinski definition) is 6. The lowest BCUT2D eigenvalue weighted by molar-refractivity contribution is -0.137. The minimum Gasteiger partial charge on any atom is -0.377 e. The van der Waals surface area contributed by atoms with Crippen molar-refractivity contribution in [1.29, 1.82) is 0 Å². The van der Waals surface area contributed by atoms with E-state index in [0.717, 1.165) is 12.1 Å². The molecule has 2 aromatic heterocycles. The lowest BCUT2D eigenvalue weighted by Gasteiger charge is -2.13. The molecule has 0 fully saturated rings. The van der Waals surface area contributed by atoms with Gasteiger partial charge in [0.25, 0.3) is 5.91 Å². The quantitative estimate of drug-likeness (QED) is 0.450. The maximum absolute atomic E-state index is 13.0. The largest absolute Gasteiger partial charge is 0.416 e. The van der Waals surface area contributed by atoms with Crippen molar-refractivity contribution in [2.45, 2.75) is 12.3 Å². The molecule has 7 nitrogen and oxygen atoms in total. The molecule has 1 amide bonds. The Morgan fingerprint density at radius 1 is 1.10 bits per heavy atom. The second-order valence-corrected chi connectivity index (χ2v) is 6.70. The molecule has 4 aromatic rings. The summed E-state index contributed by atoms with van der Waals surface area (Å²) >= 11 is 0. The van der Waals surface area contributed by atoms with Gasteiger partial charge in [-0.15, -0.1) is 0 Å². The molecule has 0 radical (unpaired) electrons. The number of aliphatic hydroxyl groups excluding tert-OH is 1. The zero-order chi connectivity index (χ0) is 22.2. The number of hydrogen-bond donors (Lipinski definition) is 3. The van der Waals surface area contributed by atoms with Crippen LogP contribution in [0.15, 0.2) is 65.2 Å². The van der Waals surface area contributed by atoms with Crippen molar-refractivity contribution in [2.24, 2.45) is 0 Å². The number of carbonyl (C=O) groups excluding carboxylic acids is 1. The van der Waals surface area contributed by atoms with Gasteiger partial charge >= 0.3 is 6.18 Å². The Balaban J connectivity index is 1.56. The predicted molar refractivity (Wildman–Crippen MR) is 107 cm³/mol. The van der Waals surface area contributed by atoms with E-state index in [2.05, 4.69) is 15.5 Å². The SMILES string of the molecule is Nc1onc2cc(NC(=O)C(O)c3cccc(-c4cccc(C(F)(F)F)c4)n3)ccc12. The second-order valence-electron chi connectivity index (χ2n) is 6.70. The molecular weight excluding hydrogens is 413 g/mol. The van der Waals surface area contributed by atoms with E-state index >= 15 is 0 Å². The topological polar surface area (TPSA) is 114 Å². The van der Waals surface area contributed by atoms with Crippen molar-refractivity contribution in [1.82, 2.24) is 10.1 Å². The fraction of sp³-hybridized carbons (Fsp3) is 0.0952. The van der Waals surface area contributed by atoms with E-state index in [9.17, 15) is 23.1 Å². The number of nitrogen functional groups attached to an aromatic ring is 1. The molecule has 0 spiro atoms. The molecule has 10 heteroatoms. The molecule has 4 rings (SSSR count). The van der Waals surface area contributed by atoms with Crippen molar-refractivity contribution in [3.63, 3.8) is 0 Å². The van der Waals surface area contributed by atoms with E-state index < -0.39 is 23.8 Å². The van der Waals surface area contributed by atoms with Crippen LogP contribution in [-0.4, -0.2) is 21.2 Å². The highest BCUT2D eigenvalue weighted by atomic mass is 19.4. The van der Waals surface area contributed by atoms with Crippen LogP contribution in [0.2, 0.25) is 0 Å². The van der Waals surface area contributed by atoms with E-state index in [0.29, 0.717) is 16.6 Å². The fourth-order valence-electron chi connectivity index (χ4n) is 3.01. The number of nitrogens with one attached hydrogen (secondary N) is 1. The number of nitrogens with zero attached hydrogens (tertiary/aromatic N) is 2. The molecule has 1 atom stereocenters. The van der Waals surface area contributed by atoms with E-state index in [4.69, 9.17) is 10.3 Å². The molecule has 1 unspecified atom stereocenters. The standard InChI is InChI=1S/C21H15F3N4O3/c22-21(23,24)12-4-1-3-11(9-12)15-5-2-6-16(27-15)18(29)20(30)26-13-7-8-14-17(10-13)28-31-19(14)25/h1-10,18,29H,25H2,(H,26,30). The average molecular weight is 428 g/mol. The predicted octanol–water partition coefficient (Wildman–Crippen LogP) is 4.16. The second kappa shape index (κ2) is 7.73. The zero-order valence-electron chi connectivity index (χ0n) is 15.7. The Hall–Kier alpha value is -3.92. The Morgan fingerprint density at radius 2 is 1.87 bits per heavy atom. The van der Waals surface area contributed by atoms with Crippen LogP contribution in [0.1, 0.15) is 17.4 Å². The molecule has 0 saturated carbocycles. The van der Waals surface area contributed by atoms with Crippen LogP contribution in [-0.2, 0) is 11.0 Å². The Morgan fingerprint density at radius 3 is 2.65 bits per heavy atom. The highest BCUT2D eigenvalue weighted by molar-refractivity contribution is 5.97.